The second kappa shape index (κ2) is 6.88. The van der Waals surface area contributed by atoms with E-state index in [-0.39, 0.29) is 6.10 Å². The standard InChI is InChI=1S/C3H8O.C2H7NO/c1-3(2)4;1-2(3)4/h3-4H,1-2H3;2,4H,3H2,1H3. The van der Waals surface area contributed by atoms with E-state index in [0.717, 1.165) is 0 Å². The van der Waals surface area contributed by atoms with E-state index in [1.807, 2.05) is 0 Å². The Labute approximate surface area is 50.1 Å². The highest BCUT2D eigenvalue weighted by molar-refractivity contribution is 4.20. The van der Waals surface area contributed by atoms with Crippen LogP contribution in [0.2, 0.25) is 0 Å². The van der Waals surface area contributed by atoms with Crippen LogP contribution in [0.25, 0.3) is 0 Å². The normalized spacial score (nSPS) is 12.4. The Hall–Kier alpha value is -0.120. The van der Waals surface area contributed by atoms with Crippen molar-refractivity contribution in [2.75, 3.05) is 0 Å². The van der Waals surface area contributed by atoms with Gasteiger partial charge in [-0.1, -0.05) is 0 Å². The molecule has 0 aromatic heterocycles. The molecule has 0 aliphatic rings. The summed E-state index contributed by atoms with van der Waals surface area (Å²) in [6.45, 7) is 4.94. The fourth-order valence-corrected chi connectivity index (χ4v) is 0. The Morgan fingerprint density at radius 3 is 1.12 bits per heavy atom. The Bertz CT molecular complexity index is 25.9. The zero-order valence-corrected chi connectivity index (χ0v) is 5.63. The van der Waals surface area contributed by atoms with Gasteiger partial charge in [-0.25, -0.2) is 0 Å². The Morgan fingerprint density at radius 2 is 1.12 bits per heavy atom. The van der Waals surface area contributed by atoms with Crippen LogP contribution in [0.1, 0.15) is 20.8 Å². The minimum Gasteiger partial charge on any atom is -0.394 e. The molecule has 1 atom stereocenters. The van der Waals surface area contributed by atoms with Crippen LogP contribution in [0.4, 0.5) is 0 Å². The van der Waals surface area contributed by atoms with Crippen LogP contribution in [0, 0.1) is 0 Å². The maximum atomic E-state index is 8.06. The van der Waals surface area contributed by atoms with E-state index >= 15 is 0 Å². The van der Waals surface area contributed by atoms with Crippen molar-refractivity contribution in [2.24, 2.45) is 5.73 Å². The summed E-state index contributed by atoms with van der Waals surface area (Å²) < 4.78 is 0. The third kappa shape index (κ3) is 9720. The number of aliphatic hydroxyl groups excluding tert-OH is 2. The highest BCUT2D eigenvalue weighted by atomic mass is 16.3. The summed E-state index contributed by atoms with van der Waals surface area (Å²) in [5.41, 5.74) is 4.67. The molecule has 3 heteroatoms. The molecule has 0 aromatic rings. The maximum absolute atomic E-state index is 8.06. The van der Waals surface area contributed by atoms with Gasteiger partial charge in [0.25, 0.3) is 0 Å². The third-order valence-corrected chi connectivity index (χ3v) is 0. The summed E-state index contributed by atoms with van der Waals surface area (Å²) in [6.07, 6.45) is -0.833. The summed E-state index contributed by atoms with van der Waals surface area (Å²) in [6, 6.07) is 0. The predicted octanol–water partition coefficient (Wildman–Crippen LogP) is -0.329. The molecule has 0 spiro atoms. The van der Waals surface area contributed by atoms with Crippen LogP contribution < -0.4 is 5.73 Å². The quantitative estimate of drug-likeness (QED) is 0.384. The van der Waals surface area contributed by atoms with Crippen LogP contribution in [-0.4, -0.2) is 22.5 Å². The maximum Gasteiger partial charge on any atom is 0.0991 e. The lowest BCUT2D eigenvalue weighted by atomic mass is 10.5. The zero-order valence-electron chi connectivity index (χ0n) is 5.63. The second-order valence-corrected chi connectivity index (χ2v) is 1.83. The molecule has 0 saturated heterocycles. The van der Waals surface area contributed by atoms with Gasteiger partial charge in [0, 0.05) is 6.10 Å². The lowest BCUT2D eigenvalue weighted by molar-refractivity contribution is 0.203. The van der Waals surface area contributed by atoms with Gasteiger partial charge in [-0.3, -0.25) is 0 Å². The average Bonchev–Trinajstić information content (AvgIpc) is 1.25. The topological polar surface area (TPSA) is 66.5 Å². The fourth-order valence-electron chi connectivity index (χ4n) is 0. The Morgan fingerprint density at radius 1 is 1.12 bits per heavy atom. The molecule has 0 radical (unpaired) electrons. The molecule has 0 heterocycles. The molecule has 0 aliphatic carbocycles. The molecule has 0 aromatic carbocycles. The monoisotopic (exact) mass is 121 g/mol. The summed E-state index contributed by atoms with van der Waals surface area (Å²) in [5, 5.41) is 15.9. The van der Waals surface area contributed by atoms with Gasteiger partial charge >= 0.3 is 0 Å². The number of rotatable bonds is 0. The van der Waals surface area contributed by atoms with Gasteiger partial charge in [-0.2, -0.15) is 0 Å². The van der Waals surface area contributed by atoms with Gasteiger partial charge in [-0.05, 0) is 20.8 Å². The van der Waals surface area contributed by atoms with Gasteiger partial charge < -0.3 is 15.9 Å². The van der Waals surface area contributed by atoms with Crippen molar-refractivity contribution in [2.45, 2.75) is 33.1 Å². The van der Waals surface area contributed by atoms with Crippen LogP contribution >= 0.6 is 0 Å². The Balaban J connectivity index is 0. The number of nitrogens with two attached hydrogens (primary N) is 1. The van der Waals surface area contributed by atoms with Crippen molar-refractivity contribution in [3.63, 3.8) is 0 Å². The third-order valence-electron chi connectivity index (χ3n) is 0. The van der Waals surface area contributed by atoms with Gasteiger partial charge in [0.2, 0.25) is 0 Å². The van der Waals surface area contributed by atoms with E-state index in [9.17, 15) is 0 Å². The molecular weight excluding hydrogens is 106 g/mol. The highest BCUT2D eigenvalue weighted by Crippen LogP contribution is 1.65. The molecule has 3 nitrogen and oxygen atoms in total. The highest BCUT2D eigenvalue weighted by Gasteiger charge is 1.69. The molecule has 0 amide bonds. The first-order chi connectivity index (χ1) is 3.46. The van der Waals surface area contributed by atoms with E-state index in [1.54, 1.807) is 13.8 Å². The summed E-state index contributed by atoms with van der Waals surface area (Å²) in [5.74, 6) is 0. The Kier molecular flexibility index (Phi) is 9.28. The molecule has 1 unspecified atom stereocenters. The van der Waals surface area contributed by atoms with Crippen LogP contribution in [0.3, 0.4) is 0 Å². The number of hydrogen-bond acceptors (Lipinski definition) is 3. The van der Waals surface area contributed by atoms with E-state index in [2.05, 4.69) is 5.73 Å². The van der Waals surface area contributed by atoms with Crippen molar-refractivity contribution in [1.29, 1.82) is 0 Å². The molecule has 4 N–H and O–H groups in total. The van der Waals surface area contributed by atoms with Crippen molar-refractivity contribution in [3.8, 4) is 0 Å². The average molecular weight is 121 g/mol. The first-order valence-electron chi connectivity index (χ1n) is 2.58. The van der Waals surface area contributed by atoms with Crippen molar-refractivity contribution >= 4 is 0 Å². The first kappa shape index (κ1) is 10.8. The molecule has 0 aliphatic heterocycles. The van der Waals surface area contributed by atoms with E-state index in [0.29, 0.717) is 0 Å². The van der Waals surface area contributed by atoms with Crippen molar-refractivity contribution in [1.82, 2.24) is 0 Å². The second-order valence-electron chi connectivity index (χ2n) is 1.83. The van der Waals surface area contributed by atoms with Gasteiger partial charge in [0.15, 0.2) is 0 Å². The summed E-state index contributed by atoms with van der Waals surface area (Å²) in [7, 11) is 0. The van der Waals surface area contributed by atoms with Gasteiger partial charge in [0.05, 0.1) is 6.23 Å². The van der Waals surface area contributed by atoms with Gasteiger partial charge in [0.1, 0.15) is 0 Å². The lowest BCUT2D eigenvalue weighted by Crippen LogP contribution is -2.11. The zero-order chi connectivity index (χ0) is 7.15. The van der Waals surface area contributed by atoms with Gasteiger partial charge in [-0.15, -0.1) is 0 Å². The lowest BCUT2D eigenvalue weighted by Gasteiger charge is -1.82. The molecule has 0 saturated carbocycles. The SMILES string of the molecule is CC(C)O.CC(N)O. The summed E-state index contributed by atoms with van der Waals surface area (Å²) in [4.78, 5) is 0. The van der Waals surface area contributed by atoms with E-state index in [4.69, 9.17) is 10.2 Å². The van der Waals surface area contributed by atoms with Crippen molar-refractivity contribution in [3.05, 3.63) is 0 Å². The summed E-state index contributed by atoms with van der Waals surface area (Å²) >= 11 is 0. The van der Waals surface area contributed by atoms with Crippen LogP contribution in [0.15, 0.2) is 0 Å². The minimum atomic E-state index is -0.667. The first-order valence-corrected chi connectivity index (χ1v) is 2.58. The molecule has 8 heavy (non-hydrogen) atoms. The minimum absolute atomic E-state index is 0.167. The number of hydrogen-bond donors (Lipinski definition) is 3. The molecule has 52 valence electrons. The molecular formula is C5H15NO2. The van der Waals surface area contributed by atoms with E-state index < -0.39 is 6.23 Å². The predicted molar refractivity (Wildman–Crippen MR) is 33.2 cm³/mol. The van der Waals surface area contributed by atoms with Crippen LogP contribution in [0.5, 0.6) is 0 Å². The molecule has 0 bridgehead atoms. The van der Waals surface area contributed by atoms with E-state index in [1.165, 1.54) is 6.92 Å². The van der Waals surface area contributed by atoms with Crippen molar-refractivity contribution < 1.29 is 10.2 Å². The van der Waals surface area contributed by atoms with Crippen LogP contribution in [-0.2, 0) is 0 Å². The largest absolute Gasteiger partial charge is 0.394 e. The fraction of sp³-hybridized carbons (Fsp3) is 1.00. The molecule has 0 rings (SSSR count). The molecule has 0 fully saturated rings. The smallest absolute Gasteiger partial charge is 0.0991 e. The number of aliphatic hydroxyl groups is 2.